The molecule has 4 rings (SSSR count). The van der Waals surface area contributed by atoms with E-state index >= 15 is 0 Å². The van der Waals surface area contributed by atoms with Crippen LogP contribution in [0.2, 0.25) is 5.02 Å². The first kappa shape index (κ1) is 14.1. The Morgan fingerprint density at radius 2 is 1.96 bits per heavy atom. The predicted molar refractivity (Wildman–Crippen MR) is 89.8 cm³/mol. The maximum Gasteiger partial charge on any atom is 0.175 e. The lowest BCUT2D eigenvalue weighted by atomic mass is 10.00. The summed E-state index contributed by atoms with van der Waals surface area (Å²) in [5, 5.41) is 18.4. The van der Waals surface area contributed by atoms with E-state index in [9.17, 15) is 5.11 Å². The topological polar surface area (TPSA) is 60.6 Å². The summed E-state index contributed by atoms with van der Waals surface area (Å²) in [6.07, 6.45) is 1.24. The predicted octanol–water partition coefficient (Wildman–Crippen LogP) is 3.58. The van der Waals surface area contributed by atoms with Gasteiger partial charge in [-0.25, -0.2) is 0 Å². The summed E-state index contributed by atoms with van der Waals surface area (Å²) >= 11 is 6.21. The van der Waals surface area contributed by atoms with Gasteiger partial charge in [0.1, 0.15) is 0 Å². The SMILES string of the molecule is OC[C@@H]1N=NC2=CN=C(c3ccccc3)c3cc(Cl)ccc3N21. The second kappa shape index (κ2) is 5.61. The molecule has 0 radical (unpaired) electrons. The first-order valence-electron chi connectivity index (χ1n) is 7.22. The summed E-state index contributed by atoms with van der Waals surface area (Å²) in [5.74, 6) is 0.610. The minimum atomic E-state index is -0.438. The Bertz CT molecular complexity index is 845. The van der Waals surface area contributed by atoms with Crippen LogP contribution in [0.15, 0.2) is 75.8 Å². The minimum absolute atomic E-state index is 0.121. The first-order chi connectivity index (χ1) is 11.3. The Hall–Kier alpha value is -2.50. The zero-order valence-corrected chi connectivity index (χ0v) is 12.9. The highest BCUT2D eigenvalue weighted by atomic mass is 35.5. The van der Waals surface area contributed by atoms with Gasteiger partial charge in [0, 0.05) is 16.1 Å². The second-order valence-electron chi connectivity index (χ2n) is 5.24. The monoisotopic (exact) mass is 324 g/mol. The molecule has 2 aliphatic rings. The van der Waals surface area contributed by atoms with Gasteiger partial charge in [0.05, 0.1) is 24.2 Å². The third-order valence-electron chi connectivity index (χ3n) is 3.83. The molecule has 0 aromatic heterocycles. The zero-order chi connectivity index (χ0) is 15.8. The summed E-state index contributed by atoms with van der Waals surface area (Å²) in [7, 11) is 0. The van der Waals surface area contributed by atoms with Crippen molar-refractivity contribution in [2.45, 2.75) is 6.17 Å². The van der Waals surface area contributed by atoms with E-state index in [0.29, 0.717) is 10.8 Å². The smallest absolute Gasteiger partial charge is 0.175 e. The molecule has 2 aromatic rings. The molecule has 0 unspecified atom stereocenters. The number of halogens is 1. The molecule has 0 aliphatic carbocycles. The number of aliphatic hydroxyl groups excluding tert-OH is 1. The highest BCUT2D eigenvalue weighted by Gasteiger charge is 2.31. The average molecular weight is 325 g/mol. The van der Waals surface area contributed by atoms with Gasteiger partial charge in [-0.05, 0) is 18.2 Å². The van der Waals surface area contributed by atoms with Crippen molar-refractivity contribution in [3.05, 3.63) is 76.7 Å². The number of anilines is 1. The number of nitrogens with zero attached hydrogens (tertiary/aromatic N) is 4. The lowest BCUT2D eigenvalue weighted by Gasteiger charge is -2.24. The van der Waals surface area contributed by atoms with Gasteiger partial charge >= 0.3 is 0 Å². The van der Waals surface area contributed by atoms with Crippen molar-refractivity contribution in [3.8, 4) is 0 Å². The number of fused-ring (bicyclic) bond motifs is 3. The van der Waals surface area contributed by atoms with Crippen LogP contribution in [0.1, 0.15) is 11.1 Å². The highest BCUT2D eigenvalue weighted by molar-refractivity contribution is 6.31. The molecule has 0 spiro atoms. The fourth-order valence-electron chi connectivity index (χ4n) is 2.79. The molecule has 2 aromatic carbocycles. The molecule has 0 bridgehead atoms. The Morgan fingerprint density at radius 1 is 1.13 bits per heavy atom. The van der Waals surface area contributed by atoms with Gasteiger partial charge in [0.2, 0.25) is 0 Å². The first-order valence-corrected chi connectivity index (χ1v) is 7.60. The van der Waals surface area contributed by atoms with E-state index in [1.165, 1.54) is 0 Å². The van der Waals surface area contributed by atoms with E-state index in [2.05, 4.69) is 15.2 Å². The van der Waals surface area contributed by atoms with Crippen LogP contribution >= 0.6 is 11.6 Å². The molecule has 2 aliphatic heterocycles. The molecule has 5 nitrogen and oxygen atoms in total. The van der Waals surface area contributed by atoms with E-state index < -0.39 is 6.17 Å². The van der Waals surface area contributed by atoms with Gasteiger partial charge in [-0.1, -0.05) is 41.9 Å². The second-order valence-corrected chi connectivity index (χ2v) is 5.68. The van der Waals surface area contributed by atoms with Gasteiger partial charge in [0.15, 0.2) is 12.0 Å². The molecular formula is C17H13ClN4O. The molecule has 23 heavy (non-hydrogen) atoms. The lowest BCUT2D eigenvalue weighted by molar-refractivity contribution is 0.269. The van der Waals surface area contributed by atoms with E-state index in [-0.39, 0.29) is 6.61 Å². The van der Waals surface area contributed by atoms with Gasteiger partial charge in [-0.3, -0.25) is 9.89 Å². The molecule has 1 N–H and O–H groups in total. The third-order valence-corrected chi connectivity index (χ3v) is 4.07. The Labute approximate surface area is 138 Å². The summed E-state index contributed by atoms with van der Waals surface area (Å²) < 4.78 is 0. The molecule has 1 atom stereocenters. The van der Waals surface area contributed by atoms with Crippen molar-refractivity contribution in [2.24, 2.45) is 15.2 Å². The largest absolute Gasteiger partial charge is 0.392 e. The number of hydrogen-bond donors (Lipinski definition) is 1. The summed E-state index contributed by atoms with van der Waals surface area (Å²) in [6, 6.07) is 15.5. The van der Waals surface area contributed by atoms with Gasteiger partial charge in [0.25, 0.3) is 0 Å². The van der Waals surface area contributed by atoms with Crippen molar-refractivity contribution < 1.29 is 5.11 Å². The molecule has 0 saturated heterocycles. The number of azo groups is 1. The maximum atomic E-state index is 9.57. The number of rotatable bonds is 2. The molecule has 6 heteroatoms. The van der Waals surface area contributed by atoms with E-state index in [4.69, 9.17) is 11.6 Å². The Kier molecular flexibility index (Phi) is 3.44. The standard InChI is InChI=1S/C17H13ClN4O/c18-12-6-7-14-13(8-12)17(11-4-2-1-3-5-11)19-9-15-20-21-16(10-23)22(14)15/h1-9,16,23H,10H2/t16-/m1/s1. The molecule has 0 saturated carbocycles. The fourth-order valence-corrected chi connectivity index (χ4v) is 2.97. The van der Waals surface area contributed by atoms with Crippen LogP contribution in [0.25, 0.3) is 0 Å². The Morgan fingerprint density at radius 3 is 2.74 bits per heavy atom. The van der Waals surface area contributed by atoms with Crippen molar-refractivity contribution in [3.63, 3.8) is 0 Å². The summed E-state index contributed by atoms with van der Waals surface area (Å²) in [5.41, 5.74) is 3.58. The number of hydrogen-bond acceptors (Lipinski definition) is 5. The number of aliphatic hydroxyl groups is 1. The van der Waals surface area contributed by atoms with Crippen LogP contribution in [0.3, 0.4) is 0 Å². The minimum Gasteiger partial charge on any atom is -0.392 e. The van der Waals surface area contributed by atoms with E-state index in [0.717, 1.165) is 22.5 Å². The molecule has 0 fully saturated rings. The molecule has 114 valence electrons. The average Bonchev–Trinajstić information content (AvgIpc) is 2.92. The van der Waals surface area contributed by atoms with Crippen LogP contribution in [-0.4, -0.2) is 23.6 Å². The van der Waals surface area contributed by atoms with Crippen molar-refractivity contribution in [1.82, 2.24) is 0 Å². The summed E-state index contributed by atoms with van der Waals surface area (Å²) in [4.78, 5) is 6.49. The van der Waals surface area contributed by atoms with Gasteiger partial charge in [-0.2, -0.15) is 5.11 Å². The van der Waals surface area contributed by atoms with Crippen LogP contribution in [0, 0.1) is 0 Å². The fraction of sp³-hybridized carbons (Fsp3) is 0.118. The molecule has 0 amide bonds. The van der Waals surface area contributed by atoms with Crippen LogP contribution in [0.4, 0.5) is 5.69 Å². The van der Waals surface area contributed by atoms with Crippen LogP contribution < -0.4 is 4.90 Å². The van der Waals surface area contributed by atoms with E-state index in [1.807, 2.05) is 53.4 Å². The maximum absolute atomic E-state index is 9.57. The highest BCUT2D eigenvalue weighted by Crippen LogP contribution is 2.36. The van der Waals surface area contributed by atoms with E-state index in [1.54, 1.807) is 6.20 Å². The number of benzene rings is 2. The molecule has 2 heterocycles. The third kappa shape index (κ3) is 2.34. The van der Waals surface area contributed by atoms with Crippen LogP contribution in [-0.2, 0) is 0 Å². The number of aliphatic imine (C=N–C) groups is 1. The van der Waals surface area contributed by atoms with Crippen LogP contribution in [0.5, 0.6) is 0 Å². The zero-order valence-electron chi connectivity index (χ0n) is 12.1. The van der Waals surface area contributed by atoms with Crippen molar-refractivity contribution in [1.29, 1.82) is 0 Å². The van der Waals surface area contributed by atoms with Gasteiger partial charge in [-0.15, -0.1) is 5.11 Å². The Balaban J connectivity index is 1.94. The van der Waals surface area contributed by atoms with Gasteiger partial charge < -0.3 is 5.11 Å². The normalized spacial score (nSPS) is 18.9. The lowest BCUT2D eigenvalue weighted by Crippen LogP contribution is -2.32. The summed E-state index contributed by atoms with van der Waals surface area (Å²) in [6.45, 7) is -0.121. The molecular weight excluding hydrogens is 312 g/mol. The van der Waals surface area contributed by atoms with Crippen molar-refractivity contribution >= 4 is 23.0 Å². The quantitative estimate of drug-likeness (QED) is 0.917. The van der Waals surface area contributed by atoms with Crippen molar-refractivity contribution in [2.75, 3.05) is 11.5 Å².